The summed E-state index contributed by atoms with van der Waals surface area (Å²) < 4.78 is 4.24. The Morgan fingerprint density at radius 3 is 2.82 bits per heavy atom. The Kier molecular flexibility index (Phi) is 3.33. The monoisotopic (exact) mass is 255 g/mol. The fraction of sp³-hybridized carbons (Fsp3) is 0.727. The SMILES string of the molecule is CCc1nsc(N2CCC(CC)(C(=O)O)C2)n1. The summed E-state index contributed by atoms with van der Waals surface area (Å²) in [6, 6.07) is 0. The molecule has 0 spiro atoms. The van der Waals surface area contributed by atoms with Gasteiger partial charge < -0.3 is 10.0 Å². The average molecular weight is 255 g/mol. The number of carboxylic acid groups (broad SMARTS) is 1. The number of hydrogen-bond donors (Lipinski definition) is 1. The smallest absolute Gasteiger partial charge is 0.311 e. The summed E-state index contributed by atoms with van der Waals surface area (Å²) >= 11 is 1.37. The van der Waals surface area contributed by atoms with Crippen LogP contribution in [0.5, 0.6) is 0 Å². The van der Waals surface area contributed by atoms with Gasteiger partial charge in [-0.3, -0.25) is 4.79 Å². The highest BCUT2D eigenvalue weighted by Gasteiger charge is 2.44. The molecule has 0 aliphatic carbocycles. The lowest BCUT2D eigenvalue weighted by Gasteiger charge is -2.22. The van der Waals surface area contributed by atoms with Crippen molar-refractivity contribution in [3.05, 3.63) is 5.82 Å². The molecule has 5 nitrogen and oxygen atoms in total. The third-order valence-corrected chi connectivity index (χ3v) is 4.34. The normalized spacial score (nSPS) is 24.2. The summed E-state index contributed by atoms with van der Waals surface area (Å²) in [6.07, 6.45) is 2.18. The summed E-state index contributed by atoms with van der Waals surface area (Å²) in [6.45, 7) is 5.27. The Hall–Kier alpha value is -1.17. The zero-order valence-corrected chi connectivity index (χ0v) is 11.0. The first-order valence-electron chi connectivity index (χ1n) is 5.92. The van der Waals surface area contributed by atoms with E-state index in [1.807, 2.05) is 13.8 Å². The van der Waals surface area contributed by atoms with Crippen molar-refractivity contribution in [2.45, 2.75) is 33.1 Å². The fourth-order valence-electron chi connectivity index (χ4n) is 2.17. The van der Waals surface area contributed by atoms with Gasteiger partial charge in [-0.2, -0.15) is 4.37 Å². The van der Waals surface area contributed by atoms with Crippen LogP contribution in [0.3, 0.4) is 0 Å². The number of aromatic nitrogens is 2. The van der Waals surface area contributed by atoms with Crippen LogP contribution in [0.2, 0.25) is 0 Å². The molecule has 1 aliphatic heterocycles. The summed E-state index contributed by atoms with van der Waals surface area (Å²) in [5.41, 5.74) is -0.599. The Bertz CT molecular complexity index is 421. The van der Waals surface area contributed by atoms with E-state index >= 15 is 0 Å². The summed E-state index contributed by atoms with van der Waals surface area (Å²) in [5.74, 6) is 0.150. The molecule has 0 radical (unpaired) electrons. The van der Waals surface area contributed by atoms with Crippen LogP contribution in [0.25, 0.3) is 0 Å². The van der Waals surface area contributed by atoms with Crippen molar-refractivity contribution in [1.29, 1.82) is 0 Å². The molecule has 0 aromatic carbocycles. The van der Waals surface area contributed by atoms with E-state index in [9.17, 15) is 9.90 Å². The first-order chi connectivity index (χ1) is 8.11. The van der Waals surface area contributed by atoms with Crippen LogP contribution in [-0.4, -0.2) is 33.5 Å². The van der Waals surface area contributed by atoms with E-state index in [2.05, 4.69) is 14.3 Å². The summed E-state index contributed by atoms with van der Waals surface area (Å²) in [7, 11) is 0. The molecule has 94 valence electrons. The van der Waals surface area contributed by atoms with Crippen LogP contribution in [0.15, 0.2) is 0 Å². The zero-order valence-electron chi connectivity index (χ0n) is 10.1. The molecule has 6 heteroatoms. The van der Waals surface area contributed by atoms with Gasteiger partial charge in [0.2, 0.25) is 5.13 Å². The van der Waals surface area contributed by atoms with Crippen LogP contribution >= 0.6 is 11.5 Å². The van der Waals surface area contributed by atoms with Crippen LogP contribution in [0.4, 0.5) is 5.13 Å². The first-order valence-corrected chi connectivity index (χ1v) is 6.69. The van der Waals surface area contributed by atoms with Gasteiger partial charge in [0, 0.05) is 31.0 Å². The summed E-state index contributed by atoms with van der Waals surface area (Å²) in [4.78, 5) is 17.8. The number of aliphatic carboxylic acids is 1. The van der Waals surface area contributed by atoms with Crippen LogP contribution in [-0.2, 0) is 11.2 Å². The minimum absolute atomic E-state index is 0.553. The van der Waals surface area contributed by atoms with Crippen molar-refractivity contribution < 1.29 is 9.90 Å². The Labute approximate surface area is 105 Å². The zero-order chi connectivity index (χ0) is 12.5. The van der Waals surface area contributed by atoms with Crippen LogP contribution in [0.1, 0.15) is 32.5 Å². The molecule has 1 aromatic heterocycles. The fourth-order valence-corrected chi connectivity index (χ4v) is 2.94. The van der Waals surface area contributed by atoms with Gasteiger partial charge in [0.1, 0.15) is 5.82 Å². The molecule has 0 saturated carbocycles. The lowest BCUT2D eigenvalue weighted by molar-refractivity contribution is -0.147. The minimum atomic E-state index is -0.692. The quantitative estimate of drug-likeness (QED) is 0.888. The number of rotatable bonds is 4. The number of carboxylic acids is 1. The molecule has 1 N–H and O–H groups in total. The lowest BCUT2D eigenvalue weighted by Crippen LogP contribution is -2.34. The van der Waals surface area contributed by atoms with Gasteiger partial charge >= 0.3 is 5.97 Å². The number of nitrogens with zero attached hydrogens (tertiary/aromatic N) is 3. The second-order valence-corrected chi connectivity index (χ2v) is 5.19. The van der Waals surface area contributed by atoms with Crippen LogP contribution < -0.4 is 4.90 Å². The molecule has 17 heavy (non-hydrogen) atoms. The van der Waals surface area contributed by atoms with Crippen LogP contribution in [0, 0.1) is 5.41 Å². The van der Waals surface area contributed by atoms with Gasteiger partial charge in [-0.05, 0) is 12.8 Å². The van der Waals surface area contributed by atoms with E-state index in [0.717, 1.165) is 23.9 Å². The standard InChI is InChI=1S/C11H17N3O2S/c1-3-8-12-10(17-13-8)14-6-5-11(4-2,7-14)9(15)16/h3-7H2,1-2H3,(H,15,16). The largest absolute Gasteiger partial charge is 0.481 e. The molecule has 0 bridgehead atoms. The second kappa shape index (κ2) is 4.60. The lowest BCUT2D eigenvalue weighted by atomic mass is 9.84. The average Bonchev–Trinajstić information content (AvgIpc) is 2.96. The molecule has 1 aliphatic rings. The van der Waals surface area contributed by atoms with Gasteiger partial charge in [-0.1, -0.05) is 13.8 Å². The van der Waals surface area contributed by atoms with E-state index in [0.29, 0.717) is 19.4 Å². The maximum Gasteiger partial charge on any atom is 0.311 e. The van der Waals surface area contributed by atoms with Gasteiger partial charge in [0.15, 0.2) is 0 Å². The number of anilines is 1. The predicted molar refractivity (Wildman–Crippen MR) is 66.5 cm³/mol. The van der Waals surface area contributed by atoms with Gasteiger partial charge in [-0.15, -0.1) is 0 Å². The van der Waals surface area contributed by atoms with Crippen molar-refractivity contribution in [2.75, 3.05) is 18.0 Å². The topological polar surface area (TPSA) is 66.3 Å². The predicted octanol–water partition coefficient (Wildman–Crippen LogP) is 1.79. The summed E-state index contributed by atoms with van der Waals surface area (Å²) in [5, 5.41) is 10.2. The van der Waals surface area contributed by atoms with E-state index < -0.39 is 11.4 Å². The molecular formula is C11H17N3O2S. The highest BCUT2D eigenvalue weighted by molar-refractivity contribution is 7.09. The first kappa shape index (κ1) is 12.3. The number of aryl methyl sites for hydroxylation is 1. The molecule has 2 rings (SSSR count). The second-order valence-electron chi connectivity index (χ2n) is 4.46. The van der Waals surface area contributed by atoms with Crippen molar-refractivity contribution in [3.63, 3.8) is 0 Å². The molecule has 1 atom stereocenters. The van der Waals surface area contributed by atoms with Gasteiger partial charge in [-0.25, -0.2) is 4.98 Å². The van der Waals surface area contributed by atoms with E-state index in [4.69, 9.17) is 0 Å². The third-order valence-electron chi connectivity index (χ3n) is 3.53. The number of hydrogen-bond acceptors (Lipinski definition) is 5. The Balaban J connectivity index is 2.14. The highest BCUT2D eigenvalue weighted by atomic mass is 32.1. The Morgan fingerprint density at radius 1 is 1.59 bits per heavy atom. The van der Waals surface area contributed by atoms with Crippen molar-refractivity contribution in [2.24, 2.45) is 5.41 Å². The van der Waals surface area contributed by atoms with E-state index in [1.165, 1.54) is 11.5 Å². The highest BCUT2D eigenvalue weighted by Crippen LogP contribution is 2.37. The minimum Gasteiger partial charge on any atom is -0.481 e. The molecule has 2 heterocycles. The van der Waals surface area contributed by atoms with Crippen molar-refractivity contribution in [3.8, 4) is 0 Å². The Morgan fingerprint density at radius 2 is 2.35 bits per heavy atom. The number of carbonyl (C=O) groups is 1. The molecule has 1 aromatic rings. The van der Waals surface area contributed by atoms with E-state index in [1.54, 1.807) is 0 Å². The maximum atomic E-state index is 11.3. The maximum absolute atomic E-state index is 11.3. The van der Waals surface area contributed by atoms with E-state index in [-0.39, 0.29) is 0 Å². The molecule has 1 unspecified atom stereocenters. The molecular weight excluding hydrogens is 238 g/mol. The molecule has 1 fully saturated rings. The van der Waals surface area contributed by atoms with Gasteiger partial charge in [0.25, 0.3) is 0 Å². The van der Waals surface area contributed by atoms with Gasteiger partial charge in [0.05, 0.1) is 5.41 Å². The van der Waals surface area contributed by atoms with Crippen molar-refractivity contribution >= 4 is 22.6 Å². The van der Waals surface area contributed by atoms with Crippen molar-refractivity contribution in [1.82, 2.24) is 9.36 Å². The molecule has 0 amide bonds. The third kappa shape index (κ3) is 2.13. The molecule has 1 saturated heterocycles.